The summed E-state index contributed by atoms with van der Waals surface area (Å²) in [5.74, 6) is -1.44. The van der Waals surface area contributed by atoms with Crippen LogP contribution in [0.15, 0.2) is 0 Å². The zero-order valence-corrected chi connectivity index (χ0v) is 18.7. The van der Waals surface area contributed by atoms with Crippen molar-refractivity contribution >= 4 is 17.9 Å². The lowest BCUT2D eigenvalue weighted by atomic mass is 10.4. The molecular weight excluding hydrogens is 396 g/mol. The highest BCUT2D eigenvalue weighted by molar-refractivity contribution is 5.71. The Morgan fingerprint density at radius 3 is 1.33 bits per heavy atom. The topological polar surface area (TPSA) is 107 Å². The van der Waals surface area contributed by atoms with E-state index in [0.717, 1.165) is 38.5 Å². The van der Waals surface area contributed by atoms with Crippen LogP contribution in [0, 0.1) is 0 Å². The number of hydrogen-bond acceptors (Lipinski definition) is 9. The summed E-state index contributed by atoms with van der Waals surface area (Å²) >= 11 is 0. The second kappa shape index (κ2) is 20.6. The SMILES string of the molecule is CCCCOC(=O)COCC(COCC(=O)OCCCC)OCC(=O)OCCCC. The Hall–Kier alpha value is -1.71. The molecule has 9 nitrogen and oxygen atoms in total. The maximum Gasteiger partial charge on any atom is 0.332 e. The summed E-state index contributed by atoms with van der Waals surface area (Å²) in [4.78, 5) is 34.9. The van der Waals surface area contributed by atoms with E-state index < -0.39 is 24.0 Å². The summed E-state index contributed by atoms with van der Waals surface area (Å²) in [6, 6.07) is 0. The van der Waals surface area contributed by atoms with Crippen molar-refractivity contribution in [3.63, 3.8) is 0 Å². The maximum absolute atomic E-state index is 11.7. The number of unbranched alkanes of at least 4 members (excludes halogenated alkanes) is 3. The van der Waals surface area contributed by atoms with Crippen LogP contribution in [0.3, 0.4) is 0 Å². The van der Waals surface area contributed by atoms with Gasteiger partial charge in [-0.1, -0.05) is 40.0 Å². The second-order valence-corrected chi connectivity index (χ2v) is 6.69. The molecule has 0 aromatic rings. The molecule has 176 valence electrons. The van der Waals surface area contributed by atoms with Gasteiger partial charge in [-0.3, -0.25) is 0 Å². The molecular formula is C21H38O9. The summed E-state index contributed by atoms with van der Waals surface area (Å²) in [6.45, 7) is 6.29. The lowest BCUT2D eigenvalue weighted by Crippen LogP contribution is -2.31. The highest BCUT2D eigenvalue weighted by atomic mass is 16.6. The fourth-order valence-electron chi connectivity index (χ4n) is 1.99. The number of rotatable bonds is 20. The highest BCUT2D eigenvalue weighted by Crippen LogP contribution is 2.00. The third-order valence-corrected chi connectivity index (χ3v) is 3.77. The molecule has 0 aliphatic rings. The standard InChI is InChI=1S/C21H38O9/c1-4-7-10-27-19(22)15-25-13-18(30-17-21(24)29-12-9-6-3)14-26-16-20(23)28-11-8-5-2/h18H,4-17H2,1-3H3. The summed E-state index contributed by atoms with van der Waals surface area (Å²) < 4.78 is 31.1. The monoisotopic (exact) mass is 434 g/mol. The Morgan fingerprint density at radius 2 is 0.967 bits per heavy atom. The molecule has 0 radical (unpaired) electrons. The van der Waals surface area contributed by atoms with Crippen LogP contribution in [-0.2, 0) is 42.8 Å². The lowest BCUT2D eigenvalue weighted by molar-refractivity contribution is -0.160. The zero-order chi connectivity index (χ0) is 22.5. The van der Waals surface area contributed by atoms with E-state index in [2.05, 4.69) is 0 Å². The molecule has 0 aromatic carbocycles. The predicted octanol–water partition coefficient (Wildman–Crippen LogP) is 2.43. The van der Waals surface area contributed by atoms with Gasteiger partial charge >= 0.3 is 17.9 Å². The minimum Gasteiger partial charge on any atom is -0.464 e. The van der Waals surface area contributed by atoms with E-state index in [0.29, 0.717) is 19.8 Å². The molecule has 0 saturated carbocycles. The lowest BCUT2D eigenvalue weighted by Gasteiger charge is -2.17. The highest BCUT2D eigenvalue weighted by Gasteiger charge is 2.16. The molecule has 0 spiro atoms. The average Bonchev–Trinajstić information content (AvgIpc) is 2.72. The molecule has 0 saturated heterocycles. The maximum atomic E-state index is 11.7. The van der Waals surface area contributed by atoms with Crippen LogP contribution in [-0.4, -0.2) is 76.9 Å². The first-order valence-corrected chi connectivity index (χ1v) is 10.8. The van der Waals surface area contributed by atoms with Gasteiger partial charge in [0.1, 0.15) is 25.9 Å². The van der Waals surface area contributed by atoms with E-state index in [1.54, 1.807) is 0 Å². The van der Waals surface area contributed by atoms with Crippen LogP contribution >= 0.6 is 0 Å². The summed E-state index contributed by atoms with van der Waals surface area (Å²) in [6.07, 6.45) is 4.48. The van der Waals surface area contributed by atoms with E-state index in [-0.39, 0.29) is 33.0 Å². The molecule has 0 amide bonds. The number of ether oxygens (including phenoxy) is 6. The fraction of sp³-hybridized carbons (Fsp3) is 0.857. The van der Waals surface area contributed by atoms with Crippen LogP contribution in [0.1, 0.15) is 59.3 Å². The van der Waals surface area contributed by atoms with Gasteiger partial charge < -0.3 is 28.4 Å². The van der Waals surface area contributed by atoms with Crippen LogP contribution in [0.2, 0.25) is 0 Å². The van der Waals surface area contributed by atoms with Gasteiger partial charge in [0.15, 0.2) is 0 Å². The van der Waals surface area contributed by atoms with Crippen LogP contribution in [0.25, 0.3) is 0 Å². The van der Waals surface area contributed by atoms with E-state index in [1.807, 2.05) is 20.8 Å². The summed E-state index contributed by atoms with van der Waals surface area (Å²) in [5.41, 5.74) is 0. The van der Waals surface area contributed by atoms with Crippen molar-refractivity contribution in [1.82, 2.24) is 0 Å². The number of carbonyl (C=O) groups excluding carboxylic acids is 3. The van der Waals surface area contributed by atoms with Crippen molar-refractivity contribution in [2.24, 2.45) is 0 Å². The number of esters is 3. The molecule has 0 aliphatic heterocycles. The van der Waals surface area contributed by atoms with E-state index in [4.69, 9.17) is 28.4 Å². The molecule has 0 bridgehead atoms. The van der Waals surface area contributed by atoms with Gasteiger partial charge in [-0.25, -0.2) is 14.4 Å². The van der Waals surface area contributed by atoms with Gasteiger partial charge in [-0.15, -0.1) is 0 Å². The first-order valence-electron chi connectivity index (χ1n) is 10.8. The quantitative estimate of drug-likeness (QED) is 0.162. The number of carbonyl (C=O) groups is 3. The minimum atomic E-state index is -0.657. The van der Waals surface area contributed by atoms with Gasteiger partial charge in [0.2, 0.25) is 0 Å². The van der Waals surface area contributed by atoms with Gasteiger partial charge in [0, 0.05) is 0 Å². The Kier molecular flexibility index (Phi) is 19.4. The van der Waals surface area contributed by atoms with Gasteiger partial charge in [0.05, 0.1) is 33.0 Å². The van der Waals surface area contributed by atoms with E-state index in [1.165, 1.54) is 0 Å². The smallest absolute Gasteiger partial charge is 0.332 e. The van der Waals surface area contributed by atoms with Gasteiger partial charge in [0.25, 0.3) is 0 Å². The first kappa shape index (κ1) is 28.3. The van der Waals surface area contributed by atoms with Crippen molar-refractivity contribution in [2.45, 2.75) is 65.4 Å². The Labute approximate surface area is 179 Å². The molecule has 0 heterocycles. The van der Waals surface area contributed by atoms with Gasteiger partial charge in [-0.05, 0) is 19.3 Å². The van der Waals surface area contributed by atoms with Crippen molar-refractivity contribution in [1.29, 1.82) is 0 Å². The zero-order valence-electron chi connectivity index (χ0n) is 18.7. The molecule has 0 aromatic heterocycles. The van der Waals surface area contributed by atoms with Crippen LogP contribution in [0.5, 0.6) is 0 Å². The number of hydrogen-bond donors (Lipinski definition) is 0. The minimum absolute atomic E-state index is 0.00397. The second-order valence-electron chi connectivity index (χ2n) is 6.69. The van der Waals surface area contributed by atoms with Crippen molar-refractivity contribution < 1.29 is 42.8 Å². The Balaban J connectivity index is 4.27. The largest absolute Gasteiger partial charge is 0.464 e. The van der Waals surface area contributed by atoms with E-state index in [9.17, 15) is 14.4 Å². The molecule has 0 fully saturated rings. The third-order valence-electron chi connectivity index (χ3n) is 3.77. The normalized spacial score (nSPS) is 10.8. The molecule has 0 aliphatic carbocycles. The van der Waals surface area contributed by atoms with E-state index >= 15 is 0 Å². The van der Waals surface area contributed by atoms with Crippen molar-refractivity contribution in [3.8, 4) is 0 Å². The van der Waals surface area contributed by atoms with Crippen LogP contribution < -0.4 is 0 Å². The van der Waals surface area contributed by atoms with Crippen molar-refractivity contribution in [3.05, 3.63) is 0 Å². The Bertz CT molecular complexity index is 426. The molecule has 30 heavy (non-hydrogen) atoms. The van der Waals surface area contributed by atoms with Gasteiger partial charge in [-0.2, -0.15) is 0 Å². The summed E-state index contributed by atoms with van der Waals surface area (Å²) in [7, 11) is 0. The molecule has 0 unspecified atom stereocenters. The Morgan fingerprint density at radius 1 is 0.600 bits per heavy atom. The van der Waals surface area contributed by atoms with Crippen LogP contribution in [0.4, 0.5) is 0 Å². The average molecular weight is 435 g/mol. The first-order chi connectivity index (χ1) is 14.5. The molecule has 0 atom stereocenters. The molecule has 0 rings (SSSR count). The molecule has 0 N–H and O–H groups in total. The predicted molar refractivity (Wildman–Crippen MR) is 109 cm³/mol. The molecule has 9 heteroatoms. The van der Waals surface area contributed by atoms with Crippen molar-refractivity contribution in [2.75, 3.05) is 52.9 Å². The third kappa shape index (κ3) is 18.3. The fourth-order valence-corrected chi connectivity index (χ4v) is 1.99. The summed E-state index contributed by atoms with van der Waals surface area (Å²) in [5, 5.41) is 0.